The predicted octanol–water partition coefficient (Wildman–Crippen LogP) is 4.12. The molecule has 1 aliphatic heterocycles. The van der Waals surface area contributed by atoms with Crippen LogP contribution in [0.1, 0.15) is 49.2 Å². The van der Waals surface area contributed by atoms with E-state index < -0.39 is 0 Å². The number of aromatic nitrogens is 3. The molecule has 0 N–H and O–H groups in total. The van der Waals surface area contributed by atoms with Gasteiger partial charge in [0.2, 0.25) is 5.91 Å². The van der Waals surface area contributed by atoms with Crippen molar-refractivity contribution in [2.24, 2.45) is 0 Å². The fourth-order valence-electron chi connectivity index (χ4n) is 3.42. The molecule has 0 bridgehead atoms. The summed E-state index contributed by atoms with van der Waals surface area (Å²) in [6.45, 7) is 0.697. The number of rotatable bonds is 7. The molecular weight excluding hydrogens is 415 g/mol. The predicted molar refractivity (Wildman–Crippen MR) is 103 cm³/mol. The third-order valence-electron chi connectivity index (χ3n) is 4.90. The normalized spacial score (nSPS) is 16.6. The molecule has 4 rings (SSSR count). The summed E-state index contributed by atoms with van der Waals surface area (Å²) in [5, 5.41) is 7.95. The molecule has 158 valence electrons. The van der Waals surface area contributed by atoms with Gasteiger partial charge >= 0.3 is 0 Å². The Morgan fingerprint density at radius 3 is 2.83 bits per heavy atom. The van der Waals surface area contributed by atoms with Crippen molar-refractivity contribution in [2.75, 3.05) is 6.54 Å². The number of benzene rings is 1. The highest BCUT2D eigenvalue weighted by Gasteiger charge is 2.31. The maximum atomic E-state index is 13.0. The Balaban J connectivity index is 1.37. The molecule has 1 saturated heterocycles. The number of carbonyl (C=O) groups is 1. The Labute approximate surface area is 176 Å². The van der Waals surface area contributed by atoms with Gasteiger partial charge in [0.1, 0.15) is 17.3 Å². The lowest BCUT2D eigenvalue weighted by molar-refractivity contribution is -0.135. The minimum atomic E-state index is -0.337. The lowest BCUT2D eigenvalue weighted by atomic mass is 10.0. The van der Waals surface area contributed by atoms with Gasteiger partial charge in [0, 0.05) is 25.5 Å². The van der Waals surface area contributed by atoms with Crippen molar-refractivity contribution < 1.29 is 23.0 Å². The van der Waals surface area contributed by atoms with Crippen molar-refractivity contribution in [3.63, 3.8) is 0 Å². The van der Waals surface area contributed by atoms with Crippen LogP contribution < -0.4 is 4.74 Å². The van der Waals surface area contributed by atoms with Crippen molar-refractivity contribution in [1.82, 2.24) is 20.2 Å². The van der Waals surface area contributed by atoms with Gasteiger partial charge in [-0.25, -0.2) is 4.39 Å². The second-order valence-corrected chi connectivity index (χ2v) is 7.39. The Bertz CT molecular complexity index is 991. The SMILES string of the molecule is O=C(CCc1cc(Cl)no1)N1CCCCC1c1noc(COc2ccc(F)cc2)n1. The van der Waals surface area contributed by atoms with E-state index in [0.29, 0.717) is 36.2 Å². The lowest BCUT2D eigenvalue weighted by Gasteiger charge is -2.33. The number of halogens is 2. The first-order valence-corrected chi connectivity index (χ1v) is 10.1. The van der Waals surface area contributed by atoms with Gasteiger partial charge in [-0.1, -0.05) is 21.9 Å². The monoisotopic (exact) mass is 434 g/mol. The van der Waals surface area contributed by atoms with Crippen molar-refractivity contribution in [3.05, 3.63) is 58.8 Å². The van der Waals surface area contributed by atoms with Crippen LogP contribution in [0.4, 0.5) is 4.39 Å². The molecule has 1 aliphatic rings. The van der Waals surface area contributed by atoms with Gasteiger partial charge in [-0.05, 0) is 43.5 Å². The molecular formula is C20H20ClFN4O4. The third kappa shape index (κ3) is 4.96. The number of piperidine rings is 1. The van der Waals surface area contributed by atoms with Crippen molar-refractivity contribution >= 4 is 17.5 Å². The summed E-state index contributed by atoms with van der Waals surface area (Å²) in [7, 11) is 0. The van der Waals surface area contributed by atoms with E-state index in [0.717, 1.165) is 19.3 Å². The van der Waals surface area contributed by atoms with E-state index in [4.69, 9.17) is 25.4 Å². The minimum Gasteiger partial charge on any atom is -0.484 e. The van der Waals surface area contributed by atoms with Gasteiger partial charge in [-0.2, -0.15) is 4.98 Å². The summed E-state index contributed by atoms with van der Waals surface area (Å²) in [6.07, 6.45) is 3.36. The number of nitrogens with zero attached hydrogens (tertiary/aromatic N) is 4. The van der Waals surface area contributed by atoms with Crippen LogP contribution in [0.15, 0.2) is 39.4 Å². The maximum absolute atomic E-state index is 13.0. The standard InChI is InChI=1S/C20H20ClFN4O4/c21-17-11-15(29-24-17)8-9-19(27)26-10-2-1-3-16(26)20-23-18(30-25-20)12-28-14-6-4-13(22)5-7-14/h4-7,11,16H,1-3,8-10,12H2. The fraction of sp³-hybridized carbons (Fsp3) is 0.400. The van der Waals surface area contributed by atoms with Crippen molar-refractivity contribution in [2.45, 2.75) is 44.8 Å². The van der Waals surface area contributed by atoms with Crippen LogP contribution in [0.3, 0.4) is 0 Å². The molecule has 0 spiro atoms. The Hall–Kier alpha value is -2.94. The summed E-state index contributed by atoms with van der Waals surface area (Å²) >= 11 is 5.75. The van der Waals surface area contributed by atoms with Crippen molar-refractivity contribution in [1.29, 1.82) is 0 Å². The first kappa shape index (κ1) is 20.3. The number of amides is 1. The summed E-state index contributed by atoms with van der Waals surface area (Å²) in [5.41, 5.74) is 0. The maximum Gasteiger partial charge on any atom is 0.264 e. The van der Waals surface area contributed by atoms with Crippen LogP contribution in [0.5, 0.6) is 5.75 Å². The molecule has 3 heterocycles. The van der Waals surface area contributed by atoms with Crippen LogP contribution in [-0.4, -0.2) is 32.6 Å². The molecule has 1 aromatic carbocycles. The molecule has 1 atom stereocenters. The zero-order chi connectivity index (χ0) is 20.9. The molecule has 0 radical (unpaired) electrons. The van der Waals surface area contributed by atoms with Gasteiger partial charge in [-0.3, -0.25) is 4.79 Å². The number of hydrogen-bond acceptors (Lipinski definition) is 7. The fourth-order valence-corrected chi connectivity index (χ4v) is 3.57. The average molecular weight is 435 g/mol. The zero-order valence-corrected chi connectivity index (χ0v) is 16.8. The summed E-state index contributed by atoms with van der Waals surface area (Å²) < 4.78 is 28.9. The largest absolute Gasteiger partial charge is 0.484 e. The Kier molecular flexibility index (Phi) is 6.27. The summed E-state index contributed by atoms with van der Waals surface area (Å²) in [5.74, 6) is 1.48. The Morgan fingerprint density at radius 2 is 2.07 bits per heavy atom. The lowest BCUT2D eigenvalue weighted by Crippen LogP contribution is -2.39. The smallest absolute Gasteiger partial charge is 0.264 e. The first-order valence-electron chi connectivity index (χ1n) is 9.70. The van der Waals surface area contributed by atoms with E-state index in [1.807, 2.05) is 0 Å². The third-order valence-corrected chi connectivity index (χ3v) is 5.07. The van der Waals surface area contributed by atoms with Crippen LogP contribution in [0.25, 0.3) is 0 Å². The molecule has 0 aliphatic carbocycles. The van der Waals surface area contributed by atoms with Crippen molar-refractivity contribution in [3.8, 4) is 5.75 Å². The molecule has 3 aromatic rings. The number of aryl methyl sites for hydroxylation is 1. The molecule has 1 fully saturated rings. The highest BCUT2D eigenvalue weighted by atomic mass is 35.5. The molecule has 1 amide bonds. The summed E-state index contributed by atoms with van der Waals surface area (Å²) in [4.78, 5) is 19.0. The summed E-state index contributed by atoms with van der Waals surface area (Å²) in [6, 6.07) is 7.04. The van der Waals surface area contributed by atoms with Crippen LogP contribution in [0, 0.1) is 5.82 Å². The van der Waals surface area contributed by atoms with Gasteiger partial charge in [0.15, 0.2) is 17.6 Å². The quantitative estimate of drug-likeness (QED) is 0.552. The van der Waals surface area contributed by atoms with Gasteiger partial charge in [0.05, 0.1) is 6.04 Å². The van der Waals surface area contributed by atoms with Gasteiger partial charge in [-0.15, -0.1) is 0 Å². The second-order valence-electron chi connectivity index (χ2n) is 7.00. The highest BCUT2D eigenvalue weighted by Crippen LogP contribution is 2.30. The number of ether oxygens (including phenoxy) is 1. The van der Waals surface area contributed by atoms with E-state index in [1.165, 1.54) is 24.3 Å². The van der Waals surface area contributed by atoms with Crippen LogP contribution in [0.2, 0.25) is 5.15 Å². The number of hydrogen-bond donors (Lipinski definition) is 0. The molecule has 30 heavy (non-hydrogen) atoms. The molecule has 10 heteroatoms. The van der Waals surface area contributed by atoms with E-state index >= 15 is 0 Å². The average Bonchev–Trinajstić information content (AvgIpc) is 3.40. The topological polar surface area (TPSA) is 94.5 Å². The Morgan fingerprint density at radius 1 is 1.23 bits per heavy atom. The minimum absolute atomic E-state index is 0.0128. The van der Waals surface area contributed by atoms with Crippen LogP contribution in [-0.2, 0) is 17.8 Å². The van der Waals surface area contributed by atoms with E-state index in [1.54, 1.807) is 11.0 Å². The molecule has 1 unspecified atom stereocenters. The van der Waals surface area contributed by atoms with Gasteiger partial charge in [0.25, 0.3) is 5.89 Å². The van der Waals surface area contributed by atoms with Crippen LogP contribution >= 0.6 is 11.6 Å². The number of likely N-dealkylation sites (tertiary alicyclic amines) is 1. The second kappa shape index (κ2) is 9.25. The highest BCUT2D eigenvalue weighted by molar-refractivity contribution is 6.29. The molecule has 0 saturated carbocycles. The molecule has 8 nitrogen and oxygen atoms in total. The number of carbonyl (C=O) groups excluding carboxylic acids is 1. The molecule has 2 aromatic heterocycles. The van der Waals surface area contributed by atoms with E-state index in [-0.39, 0.29) is 35.9 Å². The van der Waals surface area contributed by atoms with E-state index in [2.05, 4.69) is 15.3 Å². The first-order chi connectivity index (χ1) is 14.6. The van der Waals surface area contributed by atoms with Gasteiger partial charge < -0.3 is 18.7 Å². The zero-order valence-electron chi connectivity index (χ0n) is 16.1. The van der Waals surface area contributed by atoms with E-state index in [9.17, 15) is 9.18 Å².